The van der Waals surface area contributed by atoms with Gasteiger partial charge in [-0.1, -0.05) is 0 Å². The van der Waals surface area contributed by atoms with Gasteiger partial charge in [-0.05, 0) is 0 Å². The van der Waals surface area contributed by atoms with E-state index in [0.29, 0.717) is 0 Å². The fraction of sp³-hybridized carbons (Fsp3) is 0.750. The molecule has 9 heteroatoms. The number of carbonyl (C=O) groups is 2. The Bertz CT molecular complexity index is 180. The van der Waals surface area contributed by atoms with Crippen LogP contribution in [0.3, 0.4) is 0 Å². The van der Waals surface area contributed by atoms with Gasteiger partial charge in [-0.15, -0.1) is 0 Å². The molecule has 0 aliphatic heterocycles. The third-order valence-electron chi connectivity index (χ3n) is 1.26. The van der Waals surface area contributed by atoms with Gasteiger partial charge in [-0.3, -0.25) is 0 Å². The Labute approximate surface area is 112 Å². The number of rotatable bonds is 6. The molecule has 0 aromatic carbocycles. The van der Waals surface area contributed by atoms with E-state index in [2.05, 4.69) is 18.9 Å². The maximum absolute atomic E-state index is 9.91. The van der Waals surface area contributed by atoms with Gasteiger partial charge in [-0.2, -0.15) is 0 Å². The molecule has 0 spiro atoms. The van der Waals surface area contributed by atoms with Crippen LogP contribution >= 0.6 is 0 Å². The standard InChI is InChI=1S/2C4H8O4.Pd/c2*1-7-4(8-2)3(5)6;/h2*4H,1-2H3,(H,5,6);. The molecule has 0 atom stereocenters. The van der Waals surface area contributed by atoms with Crippen molar-refractivity contribution in [3.8, 4) is 0 Å². The van der Waals surface area contributed by atoms with Crippen LogP contribution in [0.15, 0.2) is 0 Å². The third kappa shape index (κ3) is 11.7. The van der Waals surface area contributed by atoms with Crippen molar-refractivity contribution in [2.75, 3.05) is 28.4 Å². The molecule has 0 bridgehead atoms. The van der Waals surface area contributed by atoms with Gasteiger partial charge >= 0.3 is 11.9 Å². The van der Waals surface area contributed by atoms with Gasteiger partial charge in [0.15, 0.2) is 0 Å². The zero-order valence-corrected chi connectivity index (χ0v) is 11.4. The van der Waals surface area contributed by atoms with Crippen LogP contribution in [0.2, 0.25) is 0 Å². The summed E-state index contributed by atoms with van der Waals surface area (Å²) >= 11 is 0. The van der Waals surface area contributed by atoms with Crippen LogP contribution in [-0.4, -0.2) is 63.2 Å². The summed E-state index contributed by atoms with van der Waals surface area (Å²) in [5.41, 5.74) is 0. The molecule has 17 heavy (non-hydrogen) atoms. The van der Waals surface area contributed by atoms with Crippen molar-refractivity contribution in [1.82, 2.24) is 0 Å². The van der Waals surface area contributed by atoms with Crippen LogP contribution in [0.4, 0.5) is 0 Å². The first-order valence-electron chi connectivity index (χ1n) is 4.01. The minimum atomic E-state index is -1.13. The molecule has 8 nitrogen and oxygen atoms in total. The Kier molecular flexibility index (Phi) is 17.2. The Hall–Kier alpha value is -0.558. The molecule has 0 saturated carbocycles. The Balaban J connectivity index is -0.000000218. The van der Waals surface area contributed by atoms with Crippen LogP contribution in [0.5, 0.6) is 0 Å². The predicted molar refractivity (Wildman–Crippen MR) is 50.9 cm³/mol. The molecule has 0 radical (unpaired) electrons. The molecule has 0 amide bonds. The molecule has 0 aromatic rings. The van der Waals surface area contributed by atoms with Crippen molar-refractivity contribution in [2.24, 2.45) is 0 Å². The normalized spacial score (nSPS) is 9.29. The topological polar surface area (TPSA) is 112 Å². The van der Waals surface area contributed by atoms with Crippen molar-refractivity contribution >= 4 is 11.9 Å². The van der Waals surface area contributed by atoms with Gasteiger partial charge < -0.3 is 29.2 Å². The number of ether oxygens (including phenoxy) is 4. The van der Waals surface area contributed by atoms with E-state index in [1.165, 1.54) is 28.4 Å². The van der Waals surface area contributed by atoms with Crippen LogP contribution in [0, 0.1) is 0 Å². The van der Waals surface area contributed by atoms with Crippen molar-refractivity contribution in [3.05, 3.63) is 0 Å². The van der Waals surface area contributed by atoms with E-state index in [1.54, 1.807) is 0 Å². The molecule has 0 aliphatic carbocycles. The molecular weight excluding hydrogens is 330 g/mol. The summed E-state index contributed by atoms with van der Waals surface area (Å²) in [6.07, 6.45) is -2.26. The average Bonchev–Trinajstić information content (AvgIpc) is 2.21. The summed E-state index contributed by atoms with van der Waals surface area (Å²) in [7, 11) is 5.06. The van der Waals surface area contributed by atoms with E-state index in [0.717, 1.165) is 0 Å². The van der Waals surface area contributed by atoms with Crippen LogP contribution in [0.1, 0.15) is 0 Å². The van der Waals surface area contributed by atoms with Gasteiger partial charge in [0.2, 0.25) is 0 Å². The number of methoxy groups -OCH3 is 4. The van der Waals surface area contributed by atoms with Gasteiger partial charge in [-0.25, -0.2) is 9.59 Å². The molecule has 0 unspecified atom stereocenters. The van der Waals surface area contributed by atoms with Crippen LogP contribution < -0.4 is 0 Å². The van der Waals surface area contributed by atoms with Crippen molar-refractivity contribution in [3.63, 3.8) is 0 Å². The molecule has 0 aliphatic rings. The Morgan fingerprint density at radius 2 is 0.941 bits per heavy atom. The van der Waals surface area contributed by atoms with Crippen molar-refractivity contribution < 1.29 is 59.2 Å². The van der Waals surface area contributed by atoms with E-state index in [-0.39, 0.29) is 20.4 Å². The largest absolute Gasteiger partial charge is 0.477 e. The van der Waals surface area contributed by atoms with Gasteiger partial charge in [0, 0.05) is 48.9 Å². The van der Waals surface area contributed by atoms with Gasteiger partial charge in [0.05, 0.1) is 0 Å². The first-order chi connectivity index (χ1) is 7.44. The predicted octanol–water partition coefficient (Wildman–Crippen LogP) is -0.623. The average molecular weight is 347 g/mol. The number of carboxylic acid groups (broad SMARTS) is 2. The second-order valence-electron chi connectivity index (χ2n) is 2.28. The smallest absolute Gasteiger partial charge is 0.361 e. The quantitative estimate of drug-likeness (QED) is 0.483. The van der Waals surface area contributed by atoms with Crippen LogP contribution in [0.25, 0.3) is 0 Å². The van der Waals surface area contributed by atoms with E-state index in [1.807, 2.05) is 0 Å². The molecule has 0 saturated heterocycles. The second-order valence-corrected chi connectivity index (χ2v) is 2.28. The Morgan fingerprint density at radius 1 is 0.765 bits per heavy atom. The van der Waals surface area contributed by atoms with Gasteiger partial charge in [0.25, 0.3) is 12.6 Å². The number of hydrogen-bond acceptors (Lipinski definition) is 6. The number of carboxylic acids is 2. The molecule has 0 rings (SSSR count). The van der Waals surface area contributed by atoms with Crippen LogP contribution in [-0.2, 0) is 49.0 Å². The summed E-state index contributed by atoms with van der Waals surface area (Å²) < 4.78 is 17.4. The monoisotopic (exact) mass is 346 g/mol. The first-order valence-corrected chi connectivity index (χ1v) is 4.01. The van der Waals surface area contributed by atoms with E-state index in [9.17, 15) is 9.59 Å². The fourth-order valence-electron chi connectivity index (χ4n) is 0.596. The molecule has 0 fully saturated rings. The summed E-state index contributed by atoms with van der Waals surface area (Å²) in [4.78, 5) is 19.8. The zero-order chi connectivity index (χ0) is 13.1. The molecule has 0 aromatic heterocycles. The van der Waals surface area contributed by atoms with Gasteiger partial charge in [0.1, 0.15) is 0 Å². The van der Waals surface area contributed by atoms with E-state index < -0.39 is 24.5 Å². The Morgan fingerprint density at radius 3 is 0.941 bits per heavy atom. The summed E-state index contributed by atoms with van der Waals surface area (Å²) in [5.74, 6) is -2.23. The molecule has 106 valence electrons. The van der Waals surface area contributed by atoms with E-state index in [4.69, 9.17) is 10.2 Å². The van der Waals surface area contributed by atoms with E-state index >= 15 is 0 Å². The number of aliphatic carboxylic acids is 2. The summed E-state index contributed by atoms with van der Waals surface area (Å²) in [6, 6.07) is 0. The maximum atomic E-state index is 9.91. The minimum absolute atomic E-state index is 0. The van der Waals surface area contributed by atoms with Crippen molar-refractivity contribution in [1.29, 1.82) is 0 Å². The molecular formula is C8H16O8Pd. The molecule has 2 N–H and O–H groups in total. The SMILES string of the molecule is COC(OC)C(=O)O.COC(OC)C(=O)O.[Pd]. The fourth-order valence-corrected chi connectivity index (χ4v) is 0.596. The summed E-state index contributed by atoms with van der Waals surface area (Å²) in [5, 5.41) is 16.2. The maximum Gasteiger partial charge on any atom is 0.361 e. The number of hydrogen-bond donors (Lipinski definition) is 2. The van der Waals surface area contributed by atoms with Crippen molar-refractivity contribution in [2.45, 2.75) is 12.6 Å². The zero-order valence-electron chi connectivity index (χ0n) is 9.81. The summed E-state index contributed by atoms with van der Waals surface area (Å²) in [6.45, 7) is 0. The molecule has 0 heterocycles. The second kappa shape index (κ2) is 13.5. The first kappa shape index (κ1) is 21.7. The third-order valence-corrected chi connectivity index (χ3v) is 1.26. The minimum Gasteiger partial charge on any atom is -0.477 e.